The fraction of sp³-hybridized carbons (Fsp3) is 0.467. The summed E-state index contributed by atoms with van der Waals surface area (Å²) in [5, 5.41) is 0.618. The highest BCUT2D eigenvalue weighted by molar-refractivity contribution is 6.30. The lowest BCUT2D eigenvalue weighted by Crippen LogP contribution is -2.36. The molecule has 1 aromatic rings. The normalized spacial score (nSPS) is 15.3. The molecule has 0 amide bonds. The third-order valence-electron chi connectivity index (χ3n) is 2.96. The predicted molar refractivity (Wildman–Crippen MR) is 78.5 cm³/mol. The maximum atomic E-state index is 5.89. The highest BCUT2D eigenvalue weighted by atomic mass is 35.5. The van der Waals surface area contributed by atoms with Gasteiger partial charge in [0.25, 0.3) is 0 Å². The molecule has 1 aromatic carbocycles. The zero-order valence-electron chi connectivity index (χ0n) is 11.5. The first-order valence-corrected chi connectivity index (χ1v) is 6.89. The van der Waals surface area contributed by atoms with Crippen molar-refractivity contribution in [3.63, 3.8) is 0 Å². The fourth-order valence-electron chi connectivity index (χ4n) is 1.85. The Morgan fingerprint density at radius 2 is 2.05 bits per heavy atom. The number of morpholine rings is 1. The average Bonchev–Trinajstić information content (AvgIpc) is 2.49. The molecule has 108 valence electrons. The smallest absolute Gasteiger partial charge is 0.162 e. The molecule has 0 unspecified atom stereocenters. The highest BCUT2D eigenvalue weighted by Gasteiger charge is 2.07. The fourth-order valence-corrected chi connectivity index (χ4v) is 2.01. The van der Waals surface area contributed by atoms with Crippen LogP contribution in [-0.2, 0) is 4.74 Å². The summed E-state index contributed by atoms with van der Waals surface area (Å²) >= 11 is 5.89. The number of halogens is 1. The third-order valence-corrected chi connectivity index (χ3v) is 3.19. The van der Waals surface area contributed by atoms with Gasteiger partial charge in [-0.25, -0.2) is 0 Å². The quantitative estimate of drug-likeness (QED) is 0.796. The van der Waals surface area contributed by atoms with Crippen molar-refractivity contribution in [2.75, 3.05) is 46.6 Å². The topological polar surface area (TPSA) is 30.9 Å². The molecule has 2 rings (SSSR count). The lowest BCUT2D eigenvalue weighted by atomic mass is 10.3. The summed E-state index contributed by atoms with van der Waals surface area (Å²) in [6.07, 6.45) is 0. The van der Waals surface area contributed by atoms with Crippen molar-refractivity contribution in [3.8, 4) is 23.3 Å². The first-order valence-electron chi connectivity index (χ1n) is 6.52. The molecule has 0 bridgehead atoms. The van der Waals surface area contributed by atoms with E-state index in [2.05, 4.69) is 16.7 Å². The Labute approximate surface area is 124 Å². The molecule has 1 saturated heterocycles. The SMILES string of the molecule is COc1cc(Cl)ccc1OCC#CCN1CCOCC1. The van der Waals surface area contributed by atoms with Gasteiger partial charge in [-0.05, 0) is 12.1 Å². The summed E-state index contributed by atoms with van der Waals surface area (Å²) in [7, 11) is 1.59. The Balaban J connectivity index is 1.78. The van der Waals surface area contributed by atoms with Crippen LogP contribution in [0.2, 0.25) is 5.02 Å². The van der Waals surface area contributed by atoms with Gasteiger partial charge in [-0.1, -0.05) is 23.4 Å². The molecule has 0 radical (unpaired) electrons. The molecular formula is C15H18ClNO3. The highest BCUT2D eigenvalue weighted by Crippen LogP contribution is 2.29. The molecule has 1 aliphatic rings. The Bertz CT molecular complexity index is 490. The van der Waals surface area contributed by atoms with E-state index in [-0.39, 0.29) is 0 Å². The molecule has 0 N–H and O–H groups in total. The monoisotopic (exact) mass is 295 g/mol. The van der Waals surface area contributed by atoms with Crippen LogP contribution in [0.4, 0.5) is 0 Å². The van der Waals surface area contributed by atoms with Crippen LogP contribution >= 0.6 is 11.6 Å². The van der Waals surface area contributed by atoms with Crippen LogP contribution in [0.3, 0.4) is 0 Å². The van der Waals surface area contributed by atoms with Crippen LogP contribution in [0.25, 0.3) is 0 Å². The summed E-state index contributed by atoms with van der Waals surface area (Å²) in [4.78, 5) is 2.26. The minimum Gasteiger partial charge on any atom is -0.493 e. The minimum atomic E-state index is 0.336. The zero-order chi connectivity index (χ0) is 14.2. The van der Waals surface area contributed by atoms with Crippen molar-refractivity contribution in [1.82, 2.24) is 4.90 Å². The molecule has 1 heterocycles. The second-order valence-corrected chi connectivity index (χ2v) is 4.76. The van der Waals surface area contributed by atoms with E-state index >= 15 is 0 Å². The molecule has 5 heteroatoms. The molecule has 0 aromatic heterocycles. The first-order chi connectivity index (χ1) is 9.79. The van der Waals surface area contributed by atoms with Crippen LogP contribution in [0.1, 0.15) is 0 Å². The van der Waals surface area contributed by atoms with Crippen molar-refractivity contribution in [2.45, 2.75) is 0 Å². The largest absolute Gasteiger partial charge is 0.493 e. The number of hydrogen-bond acceptors (Lipinski definition) is 4. The summed E-state index contributed by atoms with van der Waals surface area (Å²) in [6, 6.07) is 5.27. The van der Waals surface area contributed by atoms with Crippen LogP contribution in [0.5, 0.6) is 11.5 Å². The molecule has 20 heavy (non-hydrogen) atoms. The lowest BCUT2D eigenvalue weighted by molar-refractivity contribution is 0.0443. The van der Waals surface area contributed by atoms with Crippen molar-refractivity contribution in [1.29, 1.82) is 0 Å². The van der Waals surface area contributed by atoms with Crippen molar-refractivity contribution in [2.24, 2.45) is 0 Å². The van der Waals surface area contributed by atoms with Crippen LogP contribution < -0.4 is 9.47 Å². The maximum absolute atomic E-state index is 5.89. The Kier molecular flexibility index (Phi) is 6.00. The van der Waals surface area contributed by atoms with Gasteiger partial charge in [0.15, 0.2) is 11.5 Å². The van der Waals surface area contributed by atoms with Gasteiger partial charge in [-0.3, -0.25) is 4.90 Å². The van der Waals surface area contributed by atoms with E-state index in [0.29, 0.717) is 23.1 Å². The molecule has 1 aliphatic heterocycles. The zero-order valence-corrected chi connectivity index (χ0v) is 12.3. The first kappa shape index (κ1) is 15.0. The van der Waals surface area contributed by atoms with Gasteiger partial charge in [0.2, 0.25) is 0 Å². The Hall–Kier alpha value is -1.41. The second kappa shape index (κ2) is 8.01. The molecular weight excluding hydrogens is 278 g/mol. The van der Waals surface area contributed by atoms with Crippen LogP contribution in [0.15, 0.2) is 18.2 Å². The molecule has 4 nitrogen and oxygen atoms in total. The summed E-state index contributed by atoms with van der Waals surface area (Å²) in [5.41, 5.74) is 0. The maximum Gasteiger partial charge on any atom is 0.162 e. The van der Waals surface area contributed by atoms with E-state index in [1.54, 1.807) is 25.3 Å². The summed E-state index contributed by atoms with van der Waals surface area (Å²) in [5.74, 6) is 7.38. The number of ether oxygens (including phenoxy) is 3. The van der Waals surface area contributed by atoms with Gasteiger partial charge >= 0.3 is 0 Å². The number of nitrogens with zero attached hydrogens (tertiary/aromatic N) is 1. The van der Waals surface area contributed by atoms with Gasteiger partial charge in [0.1, 0.15) is 6.61 Å². The van der Waals surface area contributed by atoms with E-state index in [9.17, 15) is 0 Å². The van der Waals surface area contributed by atoms with E-state index < -0.39 is 0 Å². The van der Waals surface area contributed by atoms with Gasteiger partial charge in [-0.2, -0.15) is 0 Å². The van der Waals surface area contributed by atoms with Gasteiger partial charge in [-0.15, -0.1) is 0 Å². The average molecular weight is 296 g/mol. The second-order valence-electron chi connectivity index (χ2n) is 4.33. The Morgan fingerprint density at radius 3 is 2.80 bits per heavy atom. The molecule has 0 atom stereocenters. The Morgan fingerprint density at radius 1 is 1.25 bits per heavy atom. The molecule has 0 spiro atoms. The number of methoxy groups -OCH3 is 1. The molecule has 0 saturated carbocycles. The van der Waals surface area contributed by atoms with E-state index in [1.807, 2.05) is 0 Å². The van der Waals surface area contributed by atoms with E-state index in [0.717, 1.165) is 32.8 Å². The van der Waals surface area contributed by atoms with Gasteiger partial charge in [0.05, 0.1) is 26.9 Å². The standard InChI is InChI=1S/C15H18ClNO3/c1-18-15-12-13(16)4-5-14(15)20-9-3-2-6-17-7-10-19-11-8-17/h4-5,12H,6-11H2,1H3. The minimum absolute atomic E-state index is 0.336. The van der Waals surface area contributed by atoms with Crippen molar-refractivity contribution >= 4 is 11.6 Å². The summed E-state index contributed by atoms with van der Waals surface area (Å²) < 4.78 is 16.1. The van der Waals surface area contributed by atoms with Gasteiger partial charge in [0, 0.05) is 24.2 Å². The number of benzene rings is 1. The number of hydrogen-bond donors (Lipinski definition) is 0. The number of rotatable bonds is 4. The predicted octanol–water partition coefficient (Wildman–Crippen LogP) is 2.06. The summed E-state index contributed by atoms with van der Waals surface area (Å²) in [6.45, 7) is 4.56. The molecule has 0 aliphatic carbocycles. The van der Waals surface area contributed by atoms with Crippen LogP contribution in [0, 0.1) is 11.8 Å². The van der Waals surface area contributed by atoms with Crippen LogP contribution in [-0.4, -0.2) is 51.5 Å². The van der Waals surface area contributed by atoms with Crippen molar-refractivity contribution in [3.05, 3.63) is 23.2 Å². The van der Waals surface area contributed by atoms with Gasteiger partial charge < -0.3 is 14.2 Å². The molecule has 1 fully saturated rings. The third kappa shape index (κ3) is 4.61. The van der Waals surface area contributed by atoms with E-state index in [4.69, 9.17) is 25.8 Å². The van der Waals surface area contributed by atoms with E-state index in [1.165, 1.54) is 0 Å². The lowest BCUT2D eigenvalue weighted by Gasteiger charge is -2.24. The van der Waals surface area contributed by atoms with Crippen molar-refractivity contribution < 1.29 is 14.2 Å².